The molecule has 0 atom stereocenters. The third kappa shape index (κ3) is 2.68. The summed E-state index contributed by atoms with van der Waals surface area (Å²) >= 11 is 0. The molecule has 0 spiro atoms. The third-order valence-corrected chi connectivity index (χ3v) is 4.81. The van der Waals surface area contributed by atoms with Crippen molar-refractivity contribution in [3.05, 3.63) is 70.8 Å². The Morgan fingerprint density at radius 2 is 1.56 bits per heavy atom. The molecule has 0 N–H and O–H groups in total. The molecule has 1 saturated carbocycles. The Kier molecular flexibility index (Phi) is 3.62. The predicted octanol–water partition coefficient (Wildman–Crippen LogP) is 3.49. The topological polar surface area (TPSA) is 63.7 Å². The second-order valence-corrected chi connectivity index (χ2v) is 6.49. The SMILES string of the molecule is O=C1c2ccccc2C(=O)N1OC(=O)C1(c2cccc(C(F)(F)F)c2)CC1. The maximum absolute atomic E-state index is 12.9. The highest BCUT2D eigenvalue weighted by Crippen LogP contribution is 2.50. The van der Waals surface area contributed by atoms with E-state index in [-0.39, 0.29) is 29.5 Å². The van der Waals surface area contributed by atoms with Gasteiger partial charge in [0.15, 0.2) is 0 Å². The van der Waals surface area contributed by atoms with Gasteiger partial charge in [0.2, 0.25) is 0 Å². The van der Waals surface area contributed by atoms with Crippen LogP contribution in [-0.2, 0) is 21.2 Å². The molecular formula is C19H12F3NO4. The minimum Gasteiger partial charge on any atom is -0.329 e. The number of hydrogen-bond donors (Lipinski definition) is 0. The standard InChI is InChI=1S/C19H12F3NO4/c20-19(21,22)12-5-3-4-11(10-12)18(8-9-18)17(26)27-23-15(24)13-6-1-2-7-14(13)16(23)25/h1-7,10H,8-9H2. The van der Waals surface area contributed by atoms with E-state index in [2.05, 4.69) is 0 Å². The van der Waals surface area contributed by atoms with Crippen molar-refractivity contribution in [2.75, 3.05) is 0 Å². The number of rotatable bonds is 3. The van der Waals surface area contributed by atoms with Crippen LogP contribution >= 0.6 is 0 Å². The largest absolute Gasteiger partial charge is 0.416 e. The first-order valence-corrected chi connectivity index (χ1v) is 8.12. The van der Waals surface area contributed by atoms with Gasteiger partial charge >= 0.3 is 12.1 Å². The van der Waals surface area contributed by atoms with E-state index in [4.69, 9.17) is 4.84 Å². The number of carbonyl (C=O) groups excluding carboxylic acids is 3. The van der Waals surface area contributed by atoms with Crippen LogP contribution in [0.1, 0.15) is 44.7 Å². The van der Waals surface area contributed by atoms with Crippen LogP contribution in [0.15, 0.2) is 48.5 Å². The first-order chi connectivity index (χ1) is 12.7. The highest BCUT2D eigenvalue weighted by atomic mass is 19.4. The highest BCUT2D eigenvalue weighted by molar-refractivity contribution is 6.21. The van der Waals surface area contributed by atoms with Crippen LogP contribution in [0.4, 0.5) is 13.2 Å². The number of benzene rings is 2. The zero-order valence-corrected chi connectivity index (χ0v) is 13.7. The van der Waals surface area contributed by atoms with Gasteiger partial charge in [-0.05, 0) is 36.6 Å². The van der Waals surface area contributed by atoms with Crippen LogP contribution in [0.2, 0.25) is 0 Å². The molecule has 8 heteroatoms. The lowest BCUT2D eigenvalue weighted by atomic mass is 9.94. The van der Waals surface area contributed by atoms with E-state index < -0.39 is 34.9 Å². The van der Waals surface area contributed by atoms with E-state index in [0.29, 0.717) is 5.06 Å². The molecule has 0 radical (unpaired) electrons. The Balaban J connectivity index is 1.59. The summed E-state index contributed by atoms with van der Waals surface area (Å²) in [7, 11) is 0. The fourth-order valence-electron chi connectivity index (χ4n) is 3.15. The smallest absolute Gasteiger partial charge is 0.329 e. The molecule has 5 nitrogen and oxygen atoms in total. The monoisotopic (exact) mass is 375 g/mol. The Morgan fingerprint density at radius 1 is 0.963 bits per heavy atom. The fraction of sp³-hybridized carbons (Fsp3) is 0.211. The molecule has 4 rings (SSSR count). The summed E-state index contributed by atoms with van der Waals surface area (Å²) in [5, 5.41) is 0.376. The summed E-state index contributed by atoms with van der Waals surface area (Å²) in [6.45, 7) is 0. The molecule has 1 aliphatic carbocycles. The van der Waals surface area contributed by atoms with Crippen LogP contribution in [0, 0.1) is 0 Å². The predicted molar refractivity (Wildman–Crippen MR) is 85.4 cm³/mol. The van der Waals surface area contributed by atoms with Gasteiger partial charge < -0.3 is 4.84 Å². The number of halogens is 3. The Hall–Kier alpha value is -3.16. The van der Waals surface area contributed by atoms with Crippen molar-refractivity contribution in [3.63, 3.8) is 0 Å². The van der Waals surface area contributed by atoms with Crippen LogP contribution in [0.25, 0.3) is 0 Å². The van der Waals surface area contributed by atoms with Crippen molar-refractivity contribution >= 4 is 17.8 Å². The van der Waals surface area contributed by atoms with Gasteiger partial charge in [-0.25, -0.2) is 4.79 Å². The Bertz CT molecular complexity index is 944. The summed E-state index contributed by atoms with van der Waals surface area (Å²) < 4.78 is 38.8. The first kappa shape index (κ1) is 17.3. The van der Waals surface area contributed by atoms with Crippen molar-refractivity contribution in [2.24, 2.45) is 0 Å². The fourth-order valence-corrected chi connectivity index (χ4v) is 3.15. The summed E-state index contributed by atoms with van der Waals surface area (Å²) in [4.78, 5) is 42.3. The summed E-state index contributed by atoms with van der Waals surface area (Å²) in [6, 6.07) is 10.4. The molecule has 0 aromatic heterocycles. The normalized spacial score (nSPS) is 17.7. The van der Waals surface area contributed by atoms with Crippen molar-refractivity contribution in [2.45, 2.75) is 24.4 Å². The minimum atomic E-state index is -4.54. The van der Waals surface area contributed by atoms with Gasteiger partial charge in [0.25, 0.3) is 11.8 Å². The van der Waals surface area contributed by atoms with Crippen molar-refractivity contribution in [1.29, 1.82) is 0 Å². The van der Waals surface area contributed by atoms with Crippen LogP contribution in [0.5, 0.6) is 0 Å². The third-order valence-electron chi connectivity index (χ3n) is 4.81. The van der Waals surface area contributed by atoms with Crippen molar-refractivity contribution < 1.29 is 32.4 Å². The first-order valence-electron chi connectivity index (χ1n) is 8.12. The van der Waals surface area contributed by atoms with E-state index in [1.807, 2.05) is 0 Å². The van der Waals surface area contributed by atoms with E-state index in [1.54, 1.807) is 12.1 Å². The second-order valence-electron chi connectivity index (χ2n) is 6.49. The van der Waals surface area contributed by atoms with Gasteiger partial charge in [-0.1, -0.05) is 35.4 Å². The lowest BCUT2D eigenvalue weighted by Crippen LogP contribution is -2.37. The average Bonchev–Trinajstić information content (AvgIpc) is 3.42. The molecule has 1 fully saturated rings. The van der Waals surface area contributed by atoms with Crippen molar-refractivity contribution in [3.8, 4) is 0 Å². The number of alkyl halides is 3. The molecule has 27 heavy (non-hydrogen) atoms. The number of hydrogen-bond acceptors (Lipinski definition) is 4. The van der Waals surface area contributed by atoms with Gasteiger partial charge in [0, 0.05) is 0 Å². The van der Waals surface area contributed by atoms with Crippen LogP contribution < -0.4 is 0 Å². The molecule has 0 unspecified atom stereocenters. The lowest BCUT2D eigenvalue weighted by molar-refractivity contribution is -0.172. The van der Waals surface area contributed by atoms with Gasteiger partial charge in [-0.3, -0.25) is 9.59 Å². The van der Waals surface area contributed by atoms with Gasteiger partial charge in [0.05, 0.1) is 22.1 Å². The van der Waals surface area contributed by atoms with Crippen LogP contribution in [-0.4, -0.2) is 22.8 Å². The lowest BCUT2D eigenvalue weighted by Gasteiger charge is -2.19. The van der Waals surface area contributed by atoms with E-state index >= 15 is 0 Å². The summed E-state index contributed by atoms with van der Waals surface area (Å²) in [6.07, 6.45) is -3.99. The highest BCUT2D eigenvalue weighted by Gasteiger charge is 2.55. The maximum Gasteiger partial charge on any atom is 0.416 e. The number of nitrogens with zero attached hydrogens (tertiary/aromatic N) is 1. The zero-order valence-electron chi connectivity index (χ0n) is 13.7. The Labute approximate surface area is 151 Å². The van der Waals surface area contributed by atoms with E-state index in [0.717, 1.165) is 12.1 Å². The van der Waals surface area contributed by atoms with Gasteiger partial charge in [-0.2, -0.15) is 13.2 Å². The molecule has 138 valence electrons. The molecule has 1 heterocycles. The molecule has 1 aliphatic heterocycles. The van der Waals surface area contributed by atoms with Crippen molar-refractivity contribution in [1.82, 2.24) is 5.06 Å². The molecule has 2 aromatic rings. The number of carbonyl (C=O) groups is 3. The molecule has 0 saturated heterocycles. The molecule has 0 bridgehead atoms. The number of amides is 2. The second kappa shape index (κ2) is 5.67. The zero-order chi connectivity index (χ0) is 19.4. The Morgan fingerprint density at radius 3 is 2.07 bits per heavy atom. The molecule has 2 aromatic carbocycles. The van der Waals surface area contributed by atoms with Gasteiger partial charge in [-0.15, -0.1) is 0 Å². The molecule has 2 amide bonds. The number of hydroxylamine groups is 2. The van der Waals surface area contributed by atoms with E-state index in [1.165, 1.54) is 24.3 Å². The molecule has 2 aliphatic rings. The average molecular weight is 375 g/mol. The summed E-state index contributed by atoms with van der Waals surface area (Å²) in [5.41, 5.74) is -1.78. The number of imide groups is 1. The summed E-state index contributed by atoms with van der Waals surface area (Å²) in [5.74, 6) is -2.47. The van der Waals surface area contributed by atoms with E-state index in [9.17, 15) is 27.6 Å². The van der Waals surface area contributed by atoms with Crippen LogP contribution in [0.3, 0.4) is 0 Å². The quantitative estimate of drug-likeness (QED) is 0.771. The maximum atomic E-state index is 12.9. The molecular weight excluding hydrogens is 363 g/mol. The number of fused-ring (bicyclic) bond motifs is 1. The van der Waals surface area contributed by atoms with Gasteiger partial charge in [0.1, 0.15) is 0 Å². The minimum absolute atomic E-state index is 0.110.